The maximum atomic E-state index is 11.5. The molecule has 0 aliphatic rings. The van der Waals surface area contributed by atoms with Gasteiger partial charge >= 0.3 is 5.97 Å². The van der Waals surface area contributed by atoms with E-state index in [1.165, 1.54) is 0 Å². The van der Waals surface area contributed by atoms with Crippen molar-refractivity contribution >= 4 is 5.97 Å². The second kappa shape index (κ2) is 9.32. The zero-order valence-corrected chi connectivity index (χ0v) is 14.1. The molecule has 0 aromatic carbocycles. The molecule has 0 aliphatic heterocycles. The maximum Gasteiger partial charge on any atom is 0.323 e. The highest BCUT2D eigenvalue weighted by Crippen LogP contribution is 2.17. The SMILES string of the molecule is CCCN(CCN(C)C)C(C)CC(C)(NCC)C(=O)O. The van der Waals surface area contributed by atoms with Gasteiger partial charge in [0.25, 0.3) is 0 Å². The molecular formula is C15H33N3O2. The van der Waals surface area contributed by atoms with E-state index in [2.05, 4.69) is 43.1 Å². The Morgan fingerprint density at radius 3 is 2.25 bits per heavy atom. The Labute approximate surface area is 124 Å². The van der Waals surface area contributed by atoms with E-state index in [4.69, 9.17) is 0 Å². The Bertz CT molecular complexity index is 284. The average Bonchev–Trinajstić information content (AvgIpc) is 2.34. The lowest BCUT2D eigenvalue weighted by molar-refractivity contribution is -0.145. The molecule has 0 aromatic heterocycles. The predicted octanol–water partition coefficient (Wildman–Crippen LogP) is 1.49. The standard InChI is InChI=1S/C15H33N3O2/c1-7-9-18(11-10-17(5)6)13(3)12-15(4,14(19)20)16-8-2/h13,16H,7-12H2,1-6H3,(H,19,20). The third kappa shape index (κ3) is 6.68. The van der Waals surface area contributed by atoms with E-state index in [1.807, 2.05) is 6.92 Å². The fourth-order valence-corrected chi connectivity index (χ4v) is 2.51. The molecule has 0 amide bonds. The molecule has 2 N–H and O–H groups in total. The van der Waals surface area contributed by atoms with Crippen molar-refractivity contribution in [1.29, 1.82) is 0 Å². The first-order chi connectivity index (χ1) is 9.26. The van der Waals surface area contributed by atoms with Gasteiger partial charge in [-0.25, -0.2) is 0 Å². The molecule has 0 radical (unpaired) electrons. The highest BCUT2D eigenvalue weighted by molar-refractivity contribution is 5.78. The highest BCUT2D eigenvalue weighted by atomic mass is 16.4. The summed E-state index contributed by atoms with van der Waals surface area (Å²) < 4.78 is 0. The van der Waals surface area contributed by atoms with Crippen LogP contribution < -0.4 is 5.32 Å². The number of rotatable bonds is 11. The molecule has 0 aliphatic carbocycles. The molecule has 5 nitrogen and oxygen atoms in total. The van der Waals surface area contributed by atoms with Crippen molar-refractivity contribution in [2.75, 3.05) is 40.3 Å². The predicted molar refractivity (Wildman–Crippen MR) is 84.2 cm³/mol. The van der Waals surface area contributed by atoms with Crippen molar-refractivity contribution in [2.45, 2.75) is 52.1 Å². The Balaban J connectivity index is 4.69. The van der Waals surface area contributed by atoms with E-state index < -0.39 is 11.5 Å². The largest absolute Gasteiger partial charge is 0.480 e. The number of hydrogen-bond acceptors (Lipinski definition) is 4. The first kappa shape index (κ1) is 19.4. The molecule has 5 heteroatoms. The quantitative estimate of drug-likeness (QED) is 0.603. The number of nitrogens with one attached hydrogen (secondary N) is 1. The van der Waals surface area contributed by atoms with Crippen LogP contribution in [0.5, 0.6) is 0 Å². The van der Waals surface area contributed by atoms with E-state index >= 15 is 0 Å². The van der Waals surface area contributed by atoms with Crippen LogP contribution in [0.2, 0.25) is 0 Å². The van der Waals surface area contributed by atoms with Gasteiger partial charge in [0.15, 0.2) is 0 Å². The van der Waals surface area contributed by atoms with Crippen molar-refractivity contribution in [3.8, 4) is 0 Å². The zero-order valence-electron chi connectivity index (χ0n) is 14.1. The van der Waals surface area contributed by atoms with Crippen molar-refractivity contribution < 1.29 is 9.90 Å². The molecule has 0 aromatic rings. The van der Waals surface area contributed by atoms with Crippen LogP contribution in [0.15, 0.2) is 0 Å². The summed E-state index contributed by atoms with van der Waals surface area (Å²) in [5.74, 6) is -0.768. The van der Waals surface area contributed by atoms with Crippen LogP contribution in [0.1, 0.15) is 40.5 Å². The highest BCUT2D eigenvalue weighted by Gasteiger charge is 2.35. The average molecular weight is 287 g/mol. The molecule has 2 unspecified atom stereocenters. The third-order valence-electron chi connectivity index (χ3n) is 3.71. The van der Waals surface area contributed by atoms with Gasteiger partial charge in [0.2, 0.25) is 0 Å². The molecule has 0 rings (SSSR count). The topological polar surface area (TPSA) is 55.8 Å². The minimum atomic E-state index is -0.849. The van der Waals surface area contributed by atoms with Crippen LogP contribution in [0, 0.1) is 0 Å². The molecule has 0 fully saturated rings. The van der Waals surface area contributed by atoms with Crippen molar-refractivity contribution in [3.63, 3.8) is 0 Å². The molecule has 20 heavy (non-hydrogen) atoms. The summed E-state index contributed by atoms with van der Waals surface area (Å²) in [5, 5.41) is 12.6. The Morgan fingerprint density at radius 1 is 1.25 bits per heavy atom. The van der Waals surface area contributed by atoms with Crippen LogP contribution in [-0.4, -0.2) is 72.7 Å². The summed E-state index contributed by atoms with van der Waals surface area (Å²) >= 11 is 0. The smallest absolute Gasteiger partial charge is 0.323 e. The first-order valence-electron chi connectivity index (χ1n) is 7.64. The zero-order chi connectivity index (χ0) is 15.8. The van der Waals surface area contributed by atoms with E-state index in [0.717, 1.165) is 26.1 Å². The molecule has 0 saturated heterocycles. The fraction of sp³-hybridized carbons (Fsp3) is 0.933. The van der Waals surface area contributed by atoms with Gasteiger partial charge in [-0.3, -0.25) is 9.69 Å². The minimum absolute atomic E-state index is 0.245. The lowest BCUT2D eigenvalue weighted by Gasteiger charge is -2.35. The Morgan fingerprint density at radius 2 is 1.85 bits per heavy atom. The third-order valence-corrected chi connectivity index (χ3v) is 3.71. The summed E-state index contributed by atoms with van der Waals surface area (Å²) in [5.41, 5.74) is -0.849. The van der Waals surface area contributed by atoms with Crippen LogP contribution in [0.3, 0.4) is 0 Å². The van der Waals surface area contributed by atoms with Crippen molar-refractivity contribution in [2.24, 2.45) is 0 Å². The van der Waals surface area contributed by atoms with Gasteiger partial charge < -0.3 is 15.3 Å². The van der Waals surface area contributed by atoms with Gasteiger partial charge in [-0.05, 0) is 53.9 Å². The van der Waals surface area contributed by atoms with Gasteiger partial charge in [0.1, 0.15) is 5.54 Å². The second-order valence-electron chi connectivity index (χ2n) is 6.06. The van der Waals surface area contributed by atoms with Gasteiger partial charge in [-0.2, -0.15) is 0 Å². The van der Waals surface area contributed by atoms with E-state index in [1.54, 1.807) is 6.92 Å². The van der Waals surface area contributed by atoms with E-state index in [0.29, 0.717) is 13.0 Å². The van der Waals surface area contributed by atoms with Gasteiger partial charge in [-0.15, -0.1) is 0 Å². The van der Waals surface area contributed by atoms with E-state index in [9.17, 15) is 9.90 Å². The van der Waals surface area contributed by atoms with Crippen molar-refractivity contribution in [3.05, 3.63) is 0 Å². The number of carboxylic acid groups (broad SMARTS) is 1. The summed E-state index contributed by atoms with van der Waals surface area (Å²) in [6.07, 6.45) is 1.70. The monoisotopic (exact) mass is 287 g/mol. The van der Waals surface area contributed by atoms with Gasteiger partial charge in [0, 0.05) is 19.1 Å². The van der Waals surface area contributed by atoms with Crippen LogP contribution in [0.4, 0.5) is 0 Å². The van der Waals surface area contributed by atoms with Gasteiger partial charge in [0.05, 0.1) is 0 Å². The molecular weight excluding hydrogens is 254 g/mol. The molecule has 0 spiro atoms. The van der Waals surface area contributed by atoms with E-state index in [-0.39, 0.29) is 6.04 Å². The number of nitrogens with zero attached hydrogens (tertiary/aromatic N) is 2. The number of aliphatic carboxylic acids is 1. The minimum Gasteiger partial charge on any atom is -0.480 e. The lowest BCUT2D eigenvalue weighted by atomic mass is 9.92. The van der Waals surface area contributed by atoms with Crippen molar-refractivity contribution in [1.82, 2.24) is 15.1 Å². The Kier molecular flexibility index (Phi) is 9.01. The molecule has 120 valence electrons. The Hall–Kier alpha value is -0.650. The number of carboxylic acids is 1. The normalized spacial score (nSPS) is 16.4. The number of carbonyl (C=O) groups is 1. The fourth-order valence-electron chi connectivity index (χ4n) is 2.51. The first-order valence-corrected chi connectivity index (χ1v) is 7.64. The number of likely N-dealkylation sites (N-methyl/N-ethyl adjacent to an activating group) is 2. The molecule has 0 saturated carbocycles. The maximum absolute atomic E-state index is 11.5. The molecule has 0 bridgehead atoms. The molecule has 2 atom stereocenters. The van der Waals surface area contributed by atoms with Crippen LogP contribution >= 0.6 is 0 Å². The van der Waals surface area contributed by atoms with Gasteiger partial charge in [-0.1, -0.05) is 13.8 Å². The summed E-state index contributed by atoms with van der Waals surface area (Å²) in [6.45, 7) is 11.7. The molecule has 0 heterocycles. The summed E-state index contributed by atoms with van der Waals surface area (Å²) in [6, 6.07) is 0.245. The van der Waals surface area contributed by atoms with Crippen LogP contribution in [-0.2, 0) is 4.79 Å². The number of hydrogen-bond donors (Lipinski definition) is 2. The second-order valence-corrected chi connectivity index (χ2v) is 6.06. The lowest BCUT2D eigenvalue weighted by Crippen LogP contribution is -2.54. The summed E-state index contributed by atoms with van der Waals surface area (Å²) in [4.78, 5) is 16.1. The van der Waals surface area contributed by atoms with Crippen LogP contribution in [0.25, 0.3) is 0 Å². The summed E-state index contributed by atoms with van der Waals surface area (Å²) in [7, 11) is 4.13.